The first-order chi connectivity index (χ1) is 12.8. The Hall–Kier alpha value is -1.60. The Balaban J connectivity index is 1.55. The molecule has 0 saturated heterocycles. The molecule has 1 aliphatic rings. The van der Waals surface area contributed by atoms with Gasteiger partial charge in [-0.25, -0.2) is 0 Å². The van der Waals surface area contributed by atoms with Crippen molar-refractivity contribution in [1.29, 1.82) is 0 Å². The molecule has 2 N–H and O–H groups in total. The number of benzene rings is 2. The summed E-state index contributed by atoms with van der Waals surface area (Å²) in [6.07, 6.45) is 12.2. The van der Waals surface area contributed by atoms with Crippen LogP contribution in [0.15, 0.2) is 48.5 Å². The third-order valence-corrected chi connectivity index (χ3v) is 6.17. The second-order valence-corrected chi connectivity index (χ2v) is 8.07. The fourth-order valence-corrected chi connectivity index (χ4v) is 4.45. The van der Waals surface area contributed by atoms with Crippen LogP contribution in [-0.2, 0) is 6.42 Å². The van der Waals surface area contributed by atoms with Crippen molar-refractivity contribution < 1.29 is 0 Å². The minimum Gasteiger partial charge on any atom is -0.330 e. The SMILES string of the molecule is CCCCCC1CCC(c2ccc(-c3ccc(CCN)cc3)cc2)CC1. The highest BCUT2D eigenvalue weighted by Crippen LogP contribution is 2.38. The molecule has 2 aromatic carbocycles. The predicted octanol–water partition coefficient (Wildman–Crippen LogP) is 6.71. The highest BCUT2D eigenvalue weighted by molar-refractivity contribution is 5.64. The lowest BCUT2D eigenvalue weighted by Gasteiger charge is -2.29. The third kappa shape index (κ3) is 5.20. The summed E-state index contributed by atoms with van der Waals surface area (Å²) in [4.78, 5) is 0. The van der Waals surface area contributed by atoms with Crippen molar-refractivity contribution in [2.75, 3.05) is 6.54 Å². The molecule has 3 rings (SSSR count). The van der Waals surface area contributed by atoms with Crippen molar-refractivity contribution in [3.63, 3.8) is 0 Å². The minimum atomic E-state index is 0.717. The Morgan fingerprint density at radius 3 is 2.00 bits per heavy atom. The maximum Gasteiger partial charge on any atom is -0.00367 e. The van der Waals surface area contributed by atoms with E-state index in [0.29, 0.717) is 0 Å². The van der Waals surface area contributed by atoms with E-state index in [-0.39, 0.29) is 0 Å². The van der Waals surface area contributed by atoms with Crippen LogP contribution in [0.1, 0.15) is 75.3 Å². The van der Waals surface area contributed by atoms with E-state index < -0.39 is 0 Å². The average Bonchev–Trinajstić information content (AvgIpc) is 2.70. The molecule has 0 atom stereocenters. The van der Waals surface area contributed by atoms with Gasteiger partial charge in [0.15, 0.2) is 0 Å². The summed E-state index contributed by atoms with van der Waals surface area (Å²) in [5.41, 5.74) is 11.1. The Bertz CT molecular complexity index is 633. The van der Waals surface area contributed by atoms with Crippen LogP contribution in [0.25, 0.3) is 11.1 Å². The first-order valence-corrected chi connectivity index (χ1v) is 10.7. The Labute approximate surface area is 160 Å². The first kappa shape index (κ1) is 19.2. The summed E-state index contributed by atoms with van der Waals surface area (Å²) >= 11 is 0. The van der Waals surface area contributed by atoms with Gasteiger partial charge in [0, 0.05) is 0 Å². The van der Waals surface area contributed by atoms with Gasteiger partial charge in [0.1, 0.15) is 0 Å². The van der Waals surface area contributed by atoms with Crippen molar-refractivity contribution in [2.24, 2.45) is 11.7 Å². The van der Waals surface area contributed by atoms with Crippen molar-refractivity contribution in [3.05, 3.63) is 59.7 Å². The van der Waals surface area contributed by atoms with Crippen LogP contribution in [0, 0.1) is 5.92 Å². The quantitative estimate of drug-likeness (QED) is 0.527. The van der Waals surface area contributed by atoms with Crippen LogP contribution in [0.5, 0.6) is 0 Å². The number of hydrogen-bond acceptors (Lipinski definition) is 1. The lowest BCUT2D eigenvalue weighted by molar-refractivity contribution is 0.303. The number of hydrogen-bond donors (Lipinski definition) is 1. The largest absolute Gasteiger partial charge is 0.330 e. The normalized spacial score (nSPS) is 20.2. The molecule has 0 radical (unpaired) electrons. The van der Waals surface area contributed by atoms with E-state index in [9.17, 15) is 0 Å². The van der Waals surface area contributed by atoms with Gasteiger partial charge in [-0.05, 0) is 72.7 Å². The molecule has 1 fully saturated rings. The Morgan fingerprint density at radius 1 is 0.808 bits per heavy atom. The van der Waals surface area contributed by atoms with Crippen molar-refractivity contribution in [3.8, 4) is 11.1 Å². The minimum absolute atomic E-state index is 0.717. The van der Waals surface area contributed by atoms with Crippen LogP contribution in [-0.4, -0.2) is 6.54 Å². The summed E-state index contributed by atoms with van der Waals surface area (Å²) in [6, 6.07) is 18.2. The molecular weight excluding hydrogens is 314 g/mol. The fourth-order valence-electron chi connectivity index (χ4n) is 4.45. The van der Waals surface area contributed by atoms with Gasteiger partial charge >= 0.3 is 0 Å². The topological polar surface area (TPSA) is 26.0 Å². The summed E-state index contributed by atoms with van der Waals surface area (Å²) < 4.78 is 0. The zero-order valence-electron chi connectivity index (χ0n) is 16.4. The van der Waals surface area contributed by atoms with Gasteiger partial charge in [-0.15, -0.1) is 0 Å². The van der Waals surface area contributed by atoms with Gasteiger partial charge < -0.3 is 5.73 Å². The van der Waals surface area contributed by atoms with E-state index in [2.05, 4.69) is 55.5 Å². The van der Waals surface area contributed by atoms with Gasteiger partial charge in [-0.3, -0.25) is 0 Å². The highest BCUT2D eigenvalue weighted by atomic mass is 14.5. The highest BCUT2D eigenvalue weighted by Gasteiger charge is 2.21. The number of rotatable bonds is 8. The molecule has 1 nitrogen and oxygen atoms in total. The fraction of sp³-hybridized carbons (Fsp3) is 0.520. The molecule has 1 aliphatic carbocycles. The summed E-state index contributed by atoms with van der Waals surface area (Å²) in [6.45, 7) is 3.02. The second-order valence-electron chi connectivity index (χ2n) is 8.07. The monoisotopic (exact) mass is 349 g/mol. The van der Waals surface area contributed by atoms with E-state index in [1.807, 2.05) is 0 Å². The molecule has 0 heterocycles. The zero-order chi connectivity index (χ0) is 18.2. The van der Waals surface area contributed by atoms with Crippen molar-refractivity contribution >= 4 is 0 Å². The van der Waals surface area contributed by atoms with Crippen LogP contribution in [0.3, 0.4) is 0 Å². The molecular formula is C25H35N. The maximum absolute atomic E-state index is 5.64. The summed E-state index contributed by atoms with van der Waals surface area (Å²) in [5, 5.41) is 0. The van der Waals surface area contributed by atoms with Gasteiger partial charge in [-0.1, -0.05) is 81.1 Å². The van der Waals surface area contributed by atoms with Gasteiger partial charge in [-0.2, -0.15) is 0 Å². The molecule has 26 heavy (non-hydrogen) atoms. The second kappa shape index (κ2) is 9.92. The molecule has 0 unspecified atom stereocenters. The Kier molecular flexibility index (Phi) is 7.32. The first-order valence-electron chi connectivity index (χ1n) is 10.7. The molecule has 2 aromatic rings. The van der Waals surface area contributed by atoms with Crippen molar-refractivity contribution in [1.82, 2.24) is 0 Å². The molecule has 0 amide bonds. The zero-order valence-corrected chi connectivity index (χ0v) is 16.4. The van der Waals surface area contributed by atoms with Gasteiger partial charge in [0.2, 0.25) is 0 Å². The van der Waals surface area contributed by atoms with Crippen LogP contribution in [0.2, 0.25) is 0 Å². The molecule has 0 aliphatic heterocycles. The third-order valence-electron chi connectivity index (χ3n) is 6.17. The van der Waals surface area contributed by atoms with E-state index >= 15 is 0 Å². The molecule has 0 aromatic heterocycles. The lowest BCUT2D eigenvalue weighted by Crippen LogP contribution is -2.13. The van der Waals surface area contributed by atoms with Crippen LogP contribution < -0.4 is 5.73 Å². The summed E-state index contributed by atoms with van der Waals surface area (Å²) in [5.74, 6) is 1.77. The van der Waals surface area contributed by atoms with Crippen molar-refractivity contribution in [2.45, 2.75) is 70.6 Å². The summed E-state index contributed by atoms with van der Waals surface area (Å²) in [7, 11) is 0. The van der Waals surface area contributed by atoms with Crippen LogP contribution in [0.4, 0.5) is 0 Å². The van der Waals surface area contributed by atoms with E-state index in [1.54, 1.807) is 5.56 Å². The lowest BCUT2D eigenvalue weighted by atomic mass is 9.77. The van der Waals surface area contributed by atoms with Gasteiger partial charge in [0.05, 0.1) is 0 Å². The predicted molar refractivity (Wildman–Crippen MR) is 113 cm³/mol. The molecule has 0 spiro atoms. The number of nitrogens with two attached hydrogens (primary N) is 1. The maximum atomic E-state index is 5.64. The molecule has 1 saturated carbocycles. The standard InChI is InChI=1S/C25H35N/c1-2-3-4-5-20-6-10-22(11-7-20)24-14-16-25(17-15-24)23-12-8-21(9-13-23)18-19-26/h8-9,12-17,20,22H,2-7,10-11,18-19,26H2,1H3. The van der Waals surface area contributed by atoms with Gasteiger partial charge in [0.25, 0.3) is 0 Å². The average molecular weight is 350 g/mol. The van der Waals surface area contributed by atoms with E-state index in [0.717, 1.165) is 24.8 Å². The van der Waals surface area contributed by atoms with Crippen LogP contribution >= 0.6 is 0 Å². The number of unbranched alkanes of at least 4 members (excludes halogenated alkanes) is 2. The van der Waals surface area contributed by atoms with E-state index in [4.69, 9.17) is 5.73 Å². The van der Waals surface area contributed by atoms with E-state index in [1.165, 1.54) is 68.1 Å². The molecule has 1 heteroatoms. The smallest absolute Gasteiger partial charge is 0.00367 e. The molecule has 140 valence electrons. The Morgan fingerprint density at radius 2 is 1.42 bits per heavy atom. The molecule has 0 bridgehead atoms.